The Morgan fingerprint density at radius 3 is 2.46 bits per heavy atom. The molecule has 0 unspecified atom stereocenters. The molecule has 0 spiro atoms. The molecule has 1 aliphatic rings. The summed E-state index contributed by atoms with van der Waals surface area (Å²) in [5.74, 6) is -2.61. The van der Waals surface area contributed by atoms with E-state index in [0.29, 0.717) is 12.1 Å². The minimum atomic E-state index is -0.922. The number of hydrogen-bond donors (Lipinski definition) is 1. The Kier molecular flexibility index (Phi) is 4.34. The number of carbonyl (C=O) groups is 2. The van der Waals surface area contributed by atoms with Crippen LogP contribution in [0.4, 0.5) is 4.39 Å². The first-order valence-corrected chi connectivity index (χ1v) is 7.80. The molecule has 0 radical (unpaired) electrons. The second kappa shape index (κ2) is 6.43. The number of halogens is 1. The lowest BCUT2D eigenvalue weighted by molar-refractivity contribution is -0.141. The molecule has 0 aromatic heterocycles. The van der Waals surface area contributed by atoms with Crippen LogP contribution in [0.2, 0.25) is 0 Å². The van der Waals surface area contributed by atoms with Crippen molar-refractivity contribution in [2.45, 2.75) is 12.8 Å². The van der Waals surface area contributed by atoms with E-state index in [1.165, 1.54) is 11.0 Å². The van der Waals surface area contributed by atoms with Gasteiger partial charge in [-0.2, -0.15) is 0 Å². The number of benzene rings is 2. The van der Waals surface area contributed by atoms with Crippen LogP contribution in [0, 0.1) is 18.7 Å². The molecule has 2 aromatic carbocycles. The summed E-state index contributed by atoms with van der Waals surface area (Å²) in [5.41, 5.74) is 1.62. The van der Waals surface area contributed by atoms with Gasteiger partial charge in [0.1, 0.15) is 5.82 Å². The van der Waals surface area contributed by atoms with E-state index in [9.17, 15) is 19.1 Å². The number of carboxylic acids is 1. The molecule has 0 aliphatic carbocycles. The fourth-order valence-electron chi connectivity index (χ4n) is 3.17. The monoisotopic (exact) mass is 327 g/mol. The smallest absolute Gasteiger partial charge is 0.308 e. The van der Waals surface area contributed by atoms with Gasteiger partial charge in [0.2, 0.25) is 0 Å². The standard InChI is InChI=1S/C19H18FNO3/c1-12-7-8-14(9-17(12)20)18(22)21-10-15(16(11-21)19(23)24)13-5-3-2-4-6-13/h2-9,15-16H,10-11H2,1H3,(H,23,24)/t15-,16+/m0/s1. The second-order valence-electron chi connectivity index (χ2n) is 6.14. The maximum Gasteiger partial charge on any atom is 0.308 e. The maximum atomic E-state index is 13.7. The molecule has 3 rings (SSSR count). The molecular weight excluding hydrogens is 309 g/mol. The van der Waals surface area contributed by atoms with Crippen molar-refractivity contribution in [2.75, 3.05) is 13.1 Å². The van der Waals surface area contributed by atoms with E-state index in [-0.39, 0.29) is 23.9 Å². The van der Waals surface area contributed by atoms with Crippen LogP contribution < -0.4 is 0 Å². The molecule has 5 heteroatoms. The van der Waals surface area contributed by atoms with Gasteiger partial charge in [0.05, 0.1) is 5.92 Å². The number of carbonyl (C=O) groups excluding carboxylic acids is 1. The third-order valence-electron chi connectivity index (χ3n) is 4.57. The fourth-order valence-corrected chi connectivity index (χ4v) is 3.17. The van der Waals surface area contributed by atoms with Gasteiger partial charge in [0.15, 0.2) is 0 Å². The molecule has 2 aromatic rings. The van der Waals surface area contributed by atoms with Gasteiger partial charge < -0.3 is 10.0 Å². The maximum absolute atomic E-state index is 13.7. The van der Waals surface area contributed by atoms with Gasteiger partial charge in [-0.15, -0.1) is 0 Å². The van der Waals surface area contributed by atoms with Gasteiger partial charge in [-0.1, -0.05) is 36.4 Å². The van der Waals surface area contributed by atoms with E-state index >= 15 is 0 Å². The third kappa shape index (κ3) is 3.02. The molecule has 1 N–H and O–H groups in total. The molecule has 1 amide bonds. The Morgan fingerprint density at radius 2 is 1.83 bits per heavy atom. The molecule has 0 saturated carbocycles. The largest absolute Gasteiger partial charge is 0.481 e. The van der Waals surface area contributed by atoms with Crippen molar-refractivity contribution in [1.82, 2.24) is 4.90 Å². The lowest BCUT2D eigenvalue weighted by atomic mass is 9.89. The van der Waals surface area contributed by atoms with Gasteiger partial charge in [0, 0.05) is 24.6 Å². The highest BCUT2D eigenvalue weighted by molar-refractivity contribution is 5.95. The summed E-state index contributed by atoms with van der Waals surface area (Å²) in [6.07, 6.45) is 0. The summed E-state index contributed by atoms with van der Waals surface area (Å²) in [7, 11) is 0. The first-order chi connectivity index (χ1) is 11.5. The van der Waals surface area contributed by atoms with Crippen molar-refractivity contribution < 1.29 is 19.1 Å². The van der Waals surface area contributed by atoms with Crippen LogP contribution in [0.15, 0.2) is 48.5 Å². The minimum absolute atomic E-state index is 0.128. The van der Waals surface area contributed by atoms with Gasteiger partial charge in [-0.3, -0.25) is 9.59 Å². The van der Waals surface area contributed by atoms with Crippen LogP contribution >= 0.6 is 0 Å². The SMILES string of the molecule is Cc1ccc(C(=O)N2C[C@@H](C(=O)O)[C@H](c3ccccc3)C2)cc1F. The zero-order valence-corrected chi connectivity index (χ0v) is 13.3. The number of likely N-dealkylation sites (tertiary alicyclic amines) is 1. The molecule has 24 heavy (non-hydrogen) atoms. The second-order valence-corrected chi connectivity index (χ2v) is 6.14. The Labute approximate surface area is 139 Å². The average molecular weight is 327 g/mol. The lowest BCUT2D eigenvalue weighted by Crippen LogP contribution is -2.30. The number of nitrogens with zero attached hydrogens (tertiary/aromatic N) is 1. The lowest BCUT2D eigenvalue weighted by Gasteiger charge is -2.17. The Morgan fingerprint density at radius 1 is 1.12 bits per heavy atom. The first-order valence-electron chi connectivity index (χ1n) is 7.80. The van der Waals surface area contributed by atoms with E-state index in [1.807, 2.05) is 30.3 Å². The fraction of sp³-hybridized carbons (Fsp3) is 0.263. The zero-order valence-electron chi connectivity index (χ0n) is 13.3. The highest BCUT2D eigenvalue weighted by Crippen LogP contribution is 2.33. The third-order valence-corrected chi connectivity index (χ3v) is 4.57. The number of carboxylic acid groups (broad SMARTS) is 1. The van der Waals surface area contributed by atoms with Gasteiger partial charge in [-0.25, -0.2) is 4.39 Å². The molecule has 2 atom stereocenters. The predicted molar refractivity (Wildman–Crippen MR) is 87.3 cm³/mol. The van der Waals surface area contributed by atoms with Crippen LogP contribution in [0.25, 0.3) is 0 Å². The Balaban J connectivity index is 1.86. The molecule has 0 bridgehead atoms. The summed E-state index contributed by atoms with van der Waals surface area (Å²) >= 11 is 0. The summed E-state index contributed by atoms with van der Waals surface area (Å²) in [4.78, 5) is 25.7. The molecule has 1 saturated heterocycles. The summed E-state index contributed by atoms with van der Waals surface area (Å²) in [6, 6.07) is 13.7. The number of amides is 1. The number of hydrogen-bond acceptors (Lipinski definition) is 2. The molecule has 4 nitrogen and oxygen atoms in total. The van der Waals surface area contributed by atoms with Crippen LogP contribution in [0.3, 0.4) is 0 Å². The van der Waals surface area contributed by atoms with Crippen LogP contribution in [-0.4, -0.2) is 35.0 Å². The highest BCUT2D eigenvalue weighted by Gasteiger charge is 2.40. The van der Waals surface area contributed by atoms with Crippen molar-refractivity contribution in [2.24, 2.45) is 5.92 Å². The summed E-state index contributed by atoms with van der Waals surface area (Å²) < 4.78 is 13.7. The van der Waals surface area contributed by atoms with E-state index in [4.69, 9.17) is 0 Å². The average Bonchev–Trinajstić information content (AvgIpc) is 3.03. The van der Waals surface area contributed by atoms with Gasteiger partial charge in [-0.05, 0) is 30.2 Å². The summed E-state index contributed by atoms with van der Waals surface area (Å²) in [5, 5.41) is 9.50. The Hall–Kier alpha value is -2.69. The zero-order chi connectivity index (χ0) is 17.3. The Bertz CT molecular complexity index is 775. The topological polar surface area (TPSA) is 57.6 Å². The quantitative estimate of drug-likeness (QED) is 0.942. The predicted octanol–water partition coefficient (Wildman–Crippen LogP) is 3.07. The normalized spacial score (nSPS) is 20.2. The van der Waals surface area contributed by atoms with Crippen molar-refractivity contribution in [1.29, 1.82) is 0 Å². The highest BCUT2D eigenvalue weighted by atomic mass is 19.1. The first kappa shape index (κ1) is 16.2. The number of aliphatic carboxylic acids is 1. The van der Waals surface area contributed by atoms with Crippen LogP contribution in [0.5, 0.6) is 0 Å². The van der Waals surface area contributed by atoms with Gasteiger partial charge >= 0.3 is 5.97 Å². The van der Waals surface area contributed by atoms with Gasteiger partial charge in [0.25, 0.3) is 5.91 Å². The van der Waals surface area contributed by atoms with E-state index in [0.717, 1.165) is 5.56 Å². The van der Waals surface area contributed by atoms with Crippen molar-refractivity contribution in [3.05, 3.63) is 71.0 Å². The van der Waals surface area contributed by atoms with Crippen LogP contribution in [0.1, 0.15) is 27.4 Å². The molecular formula is C19H18FNO3. The minimum Gasteiger partial charge on any atom is -0.481 e. The number of rotatable bonds is 3. The summed E-state index contributed by atoms with van der Waals surface area (Å²) in [6.45, 7) is 2.07. The molecule has 1 fully saturated rings. The van der Waals surface area contributed by atoms with Crippen molar-refractivity contribution in [3.63, 3.8) is 0 Å². The van der Waals surface area contributed by atoms with Crippen molar-refractivity contribution in [3.8, 4) is 0 Å². The van der Waals surface area contributed by atoms with E-state index in [1.54, 1.807) is 19.1 Å². The van der Waals surface area contributed by atoms with E-state index < -0.39 is 17.7 Å². The molecule has 1 heterocycles. The number of aryl methyl sites for hydroxylation is 1. The van der Waals surface area contributed by atoms with E-state index in [2.05, 4.69) is 0 Å². The van der Waals surface area contributed by atoms with Crippen molar-refractivity contribution >= 4 is 11.9 Å². The molecule has 124 valence electrons. The molecule has 1 aliphatic heterocycles. The van der Waals surface area contributed by atoms with Crippen LogP contribution in [-0.2, 0) is 4.79 Å².